The maximum atomic E-state index is 9.60. The van der Waals surface area contributed by atoms with Crippen LogP contribution in [0.1, 0.15) is 30.5 Å². The highest BCUT2D eigenvalue weighted by molar-refractivity contribution is 5.76. The van der Waals surface area contributed by atoms with E-state index in [0.29, 0.717) is 17.3 Å². The highest BCUT2D eigenvalue weighted by atomic mass is 16.3. The van der Waals surface area contributed by atoms with Gasteiger partial charge in [-0.25, -0.2) is 9.97 Å². The van der Waals surface area contributed by atoms with Gasteiger partial charge < -0.3 is 15.0 Å². The van der Waals surface area contributed by atoms with E-state index in [1.54, 1.807) is 24.5 Å². The second-order valence-electron chi connectivity index (χ2n) is 7.65. The van der Waals surface area contributed by atoms with Crippen LogP contribution in [0.3, 0.4) is 0 Å². The van der Waals surface area contributed by atoms with Crippen LogP contribution in [0.4, 0.5) is 11.6 Å². The highest BCUT2D eigenvalue weighted by Gasteiger charge is 2.05. The Morgan fingerprint density at radius 2 is 1.69 bits per heavy atom. The Bertz CT molecular complexity index is 1410. The van der Waals surface area contributed by atoms with Crippen LogP contribution < -0.4 is 5.32 Å². The summed E-state index contributed by atoms with van der Waals surface area (Å²) in [7, 11) is 1.96. The molecule has 0 bridgehead atoms. The van der Waals surface area contributed by atoms with Crippen molar-refractivity contribution in [2.24, 2.45) is 7.05 Å². The van der Waals surface area contributed by atoms with Crippen LogP contribution in [0.25, 0.3) is 22.2 Å². The third-order valence-electron chi connectivity index (χ3n) is 5.23. The molecule has 5 aromatic rings. The van der Waals surface area contributed by atoms with Gasteiger partial charge in [-0.2, -0.15) is 10.4 Å². The zero-order chi connectivity index (χ0) is 25.4. The van der Waals surface area contributed by atoms with E-state index in [0.717, 1.165) is 39.0 Å². The monoisotopic (exact) mass is 467 g/mol. The average Bonchev–Trinajstić information content (AvgIpc) is 3.55. The third-order valence-corrected chi connectivity index (χ3v) is 5.23. The number of phenols is 1. The zero-order valence-electron chi connectivity index (χ0n) is 20.5. The van der Waals surface area contributed by atoms with E-state index in [9.17, 15) is 5.11 Å². The molecule has 0 saturated carbocycles. The number of nitrogens with zero attached hydrogens (tertiary/aromatic N) is 5. The number of nitrogens with one attached hydrogen (secondary N) is 2. The van der Waals surface area contributed by atoms with Gasteiger partial charge >= 0.3 is 0 Å². The average molecular weight is 468 g/mol. The molecular formula is C27H29N7O. The van der Waals surface area contributed by atoms with Gasteiger partial charge in [0.1, 0.15) is 5.75 Å². The minimum atomic E-state index is 0.372. The summed E-state index contributed by atoms with van der Waals surface area (Å²) in [4.78, 5) is 8.70. The van der Waals surface area contributed by atoms with Crippen molar-refractivity contribution in [3.8, 4) is 22.9 Å². The minimum Gasteiger partial charge on any atom is -0.507 e. The van der Waals surface area contributed by atoms with Crippen molar-refractivity contribution < 1.29 is 5.11 Å². The SMILES string of the molecule is CC.Cc1cc(-c2cn[nH]c2)cc(C)c1O.Cn1ccc2nc(Nc3ccc(C#N)cc3)ncc21. The number of hydrogen-bond acceptors (Lipinski definition) is 6. The van der Waals surface area contributed by atoms with Gasteiger partial charge in [0, 0.05) is 30.7 Å². The first-order valence-electron chi connectivity index (χ1n) is 11.3. The second kappa shape index (κ2) is 11.5. The Labute approximate surface area is 204 Å². The molecule has 2 aromatic carbocycles. The van der Waals surface area contributed by atoms with Gasteiger partial charge in [0.2, 0.25) is 5.95 Å². The summed E-state index contributed by atoms with van der Waals surface area (Å²) >= 11 is 0. The predicted molar refractivity (Wildman–Crippen MR) is 139 cm³/mol. The van der Waals surface area contributed by atoms with Crippen LogP contribution in [0.5, 0.6) is 5.75 Å². The summed E-state index contributed by atoms with van der Waals surface area (Å²) in [6.45, 7) is 7.79. The third kappa shape index (κ3) is 6.03. The van der Waals surface area contributed by atoms with E-state index >= 15 is 0 Å². The maximum absolute atomic E-state index is 9.60. The van der Waals surface area contributed by atoms with E-state index < -0.39 is 0 Å². The number of H-pyrrole nitrogens is 1. The summed E-state index contributed by atoms with van der Waals surface area (Å²) < 4.78 is 1.97. The molecule has 8 nitrogen and oxygen atoms in total. The Hall–Kier alpha value is -4.64. The largest absolute Gasteiger partial charge is 0.507 e. The number of aryl methyl sites for hydroxylation is 3. The van der Waals surface area contributed by atoms with Gasteiger partial charge in [-0.15, -0.1) is 0 Å². The fraction of sp³-hybridized carbons (Fsp3) is 0.185. The summed E-state index contributed by atoms with van der Waals surface area (Å²) in [6, 6.07) is 15.1. The number of aromatic nitrogens is 5. The topological polar surface area (TPSA) is 115 Å². The molecule has 35 heavy (non-hydrogen) atoms. The number of anilines is 2. The first-order valence-corrected chi connectivity index (χ1v) is 11.3. The van der Waals surface area contributed by atoms with Gasteiger partial charge in [-0.3, -0.25) is 5.10 Å². The quantitative estimate of drug-likeness (QED) is 0.299. The van der Waals surface area contributed by atoms with Crippen LogP contribution >= 0.6 is 0 Å². The Morgan fingerprint density at radius 3 is 2.29 bits per heavy atom. The van der Waals surface area contributed by atoms with E-state index in [1.165, 1.54) is 0 Å². The van der Waals surface area contributed by atoms with Gasteiger partial charge in [0.25, 0.3) is 0 Å². The lowest BCUT2D eigenvalue weighted by molar-refractivity contribution is 0.467. The molecule has 0 fully saturated rings. The lowest BCUT2D eigenvalue weighted by Crippen LogP contribution is -1.97. The van der Waals surface area contributed by atoms with Crippen molar-refractivity contribution in [3.05, 3.63) is 83.9 Å². The molecule has 0 amide bonds. The van der Waals surface area contributed by atoms with Crippen LogP contribution in [0.15, 0.2) is 67.3 Å². The molecule has 0 atom stereocenters. The van der Waals surface area contributed by atoms with E-state index in [1.807, 2.05) is 82.0 Å². The van der Waals surface area contributed by atoms with Crippen molar-refractivity contribution >= 4 is 22.7 Å². The molecule has 0 saturated heterocycles. The number of aromatic amines is 1. The van der Waals surface area contributed by atoms with Crippen LogP contribution in [0, 0.1) is 25.2 Å². The lowest BCUT2D eigenvalue weighted by Gasteiger charge is -2.05. The van der Waals surface area contributed by atoms with Gasteiger partial charge in [0.15, 0.2) is 0 Å². The predicted octanol–water partition coefficient (Wildman–Crippen LogP) is 6.01. The number of phenolic OH excluding ortho intramolecular Hbond substituents is 1. The molecule has 0 unspecified atom stereocenters. The summed E-state index contributed by atoms with van der Waals surface area (Å²) in [5, 5.41) is 28.1. The van der Waals surface area contributed by atoms with Crippen molar-refractivity contribution in [2.75, 3.05) is 5.32 Å². The van der Waals surface area contributed by atoms with E-state index in [2.05, 4.69) is 31.6 Å². The number of hydrogen-bond donors (Lipinski definition) is 3. The standard InChI is InChI=1S/C14H11N5.C11H12N2O.C2H6/c1-19-7-6-12-13(19)9-16-14(18-12)17-11-4-2-10(8-15)3-5-11;1-7-3-9(4-8(2)11(7)14)10-5-12-13-6-10;1-2/h2-7,9H,1H3,(H,16,17,18);3-6,14H,1-2H3,(H,12,13);1-2H3. The molecule has 3 aromatic heterocycles. The first kappa shape index (κ1) is 25.0. The number of benzene rings is 2. The molecule has 0 radical (unpaired) electrons. The maximum Gasteiger partial charge on any atom is 0.227 e. The fourth-order valence-electron chi connectivity index (χ4n) is 3.39. The highest BCUT2D eigenvalue weighted by Crippen LogP contribution is 2.28. The summed E-state index contributed by atoms with van der Waals surface area (Å²) in [6.07, 6.45) is 7.34. The molecule has 5 rings (SSSR count). The Kier molecular flexibility index (Phi) is 8.20. The molecule has 0 aliphatic heterocycles. The summed E-state index contributed by atoms with van der Waals surface area (Å²) in [5.74, 6) is 0.917. The number of fused-ring (bicyclic) bond motifs is 1. The number of rotatable bonds is 3. The second-order valence-corrected chi connectivity index (χ2v) is 7.65. The van der Waals surface area contributed by atoms with Crippen molar-refractivity contribution in [2.45, 2.75) is 27.7 Å². The first-order chi connectivity index (χ1) is 16.9. The molecule has 0 aliphatic carbocycles. The normalized spacial score (nSPS) is 9.94. The molecule has 0 spiro atoms. The molecule has 3 heterocycles. The minimum absolute atomic E-state index is 0.372. The molecule has 3 N–H and O–H groups in total. The van der Waals surface area contributed by atoms with Crippen LogP contribution in [-0.2, 0) is 7.05 Å². The number of nitriles is 1. The Morgan fingerprint density at radius 1 is 1.00 bits per heavy atom. The molecule has 8 heteroatoms. The smallest absolute Gasteiger partial charge is 0.227 e. The molecular weight excluding hydrogens is 438 g/mol. The summed E-state index contributed by atoms with van der Waals surface area (Å²) in [5.41, 5.74) is 7.27. The zero-order valence-corrected chi connectivity index (χ0v) is 20.5. The van der Waals surface area contributed by atoms with Crippen molar-refractivity contribution in [3.63, 3.8) is 0 Å². The number of aromatic hydroxyl groups is 1. The van der Waals surface area contributed by atoms with Gasteiger partial charge in [0.05, 0.1) is 35.1 Å². The van der Waals surface area contributed by atoms with Crippen LogP contribution in [-0.4, -0.2) is 29.8 Å². The fourth-order valence-corrected chi connectivity index (χ4v) is 3.39. The van der Waals surface area contributed by atoms with E-state index in [-0.39, 0.29) is 0 Å². The van der Waals surface area contributed by atoms with Gasteiger partial charge in [-0.05, 0) is 73.0 Å². The van der Waals surface area contributed by atoms with Crippen LogP contribution in [0.2, 0.25) is 0 Å². The van der Waals surface area contributed by atoms with Crippen molar-refractivity contribution in [1.82, 2.24) is 24.7 Å². The van der Waals surface area contributed by atoms with Crippen molar-refractivity contribution in [1.29, 1.82) is 5.26 Å². The van der Waals surface area contributed by atoms with E-state index in [4.69, 9.17) is 5.26 Å². The lowest BCUT2D eigenvalue weighted by atomic mass is 10.0. The Balaban J connectivity index is 0.000000190. The molecule has 178 valence electrons. The van der Waals surface area contributed by atoms with Gasteiger partial charge in [-0.1, -0.05) is 13.8 Å². The molecule has 0 aliphatic rings.